The van der Waals surface area contributed by atoms with E-state index in [-0.39, 0.29) is 18.5 Å². The summed E-state index contributed by atoms with van der Waals surface area (Å²) in [7, 11) is 2.13. The van der Waals surface area contributed by atoms with Gasteiger partial charge in [0.2, 0.25) is 0 Å². The van der Waals surface area contributed by atoms with Crippen LogP contribution in [0.5, 0.6) is 0 Å². The Morgan fingerprint density at radius 2 is 2.12 bits per heavy atom. The number of hydrogen-bond acceptors (Lipinski definition) is 3. The second-order valence-corrected chi connectivity index (χ2v) is 4.98. The van der Waals surface area contributed by atoms with E-state index in [1.165, 1.54) is 11.1 Å². The molecule has 0 N–H and O–H groups in total. The van der Waals surface area contributed by atoms with Crippen molar-refractivity contribution in [2.75, 3.05) is 7.05 Å². The lowest BCUT2D eigenvalue weighted by atomic mass is 9.82. The van der Waals surface area contributed by atoms with Crippen LogP contribution in [-0.4, -0.2) is 36.5 Å². The average molecular weight is 221 g/mol. The van der Waals surface area contributed by atoms with Crippen LogP contribution in [0.1, 0.15) is 26.7 Å². The van der Waals surface area contributed by atoms with Gasteiger partial charge in [0.1, 0.15) is 6.10 Å². The summed E-state index contributed by atoms with van der Waals surface area (Å²) in [5, 5.41) is 0. The Hall–Kier alpha value is -0.800. The fraction of sp³-hybridized carbons (Fsp3) is 0.692. The number of likely N-dealkylation sites (N-methyl/N-ethyl adjacent to an activating group) is 1. The molecular weight excluding hydrogens is 202 g/mol. The van der Waals surface area contributed by atoms with Gasteiger partial charge in [-0.1, -0.05) is 0 Å². The van der Waals surface area contributed by atoms with Crippen LogP contribution in [0.15, 0.2) is 23.4 Å². The third-order valence-corrected chi connectivity index (χ3v) is 4.02. The van der Waals surface area contributed by atoms with Crippen LogP contribution in [0.25, 0.3) is 0 Å². The minimum Gasteiger partial charge on any atom is -0.374 e. The number of ether oxygens (including phenoxy) is 2. The molecule has 0 aromatic heterocycles. The molecule has 0 radical (unpaired) electrons. The lowest BCUT2D eigenvalue weighted by molar-refractivity contribution is -0.0473. The molecule has 3 heteroatoms. The topological polar surface area (TPSA) is 21.7 Å². The van der Waals surface area contributed by atoms with Crippen LogP contribution >= 0.6 is 0 Å². The Morgan fingerprint density at radius 1 is 1.31 bits per heavy atom. The molecule has 4 atom stereocenters. The van der Waals surface area contributed by atoms with Crippen molar-refractivity contribution < 1.29 is 9.47 Å². The van der Waals surface area contributed by atoms with Crippen molar-refractivity contribution in [2.45, 2.75) is 51.2 Å². The van der Waals surface area contributed by atoms with Crippen LogP contribution in [-0.2, 0) is 9.47 Å². The standard InChI is InChI=1S/C13H19NO2/c1-8-10-4-5-12-13(16-9(2)15-12)11(10)6-7-14(8)3/h6-9,12-13H,4-5H2,1-3H3. The van der Waals surface area contributed by atoms with Crippen LogP contribution in [0, 0.1) is 0 Å². The summed E-state index contributed by atoms with van der Waals surface area (Å²) >= 11 is 0. The van der Waals surface area contributed by atoms with Crippen molar-refractivity contribution in [3.05, 3.63) is 23.4 Å². The van der Waals surface area contributed by atoms with E-state index < -0.39 is 0 Å². The normalized spacial score (nSPS) is 42.3. The lowest BCUT2D eigenvalue weighted by Crippen LogP contribution is -2.38. The molecule has 0 aromatic rings. The fourth-order valence-electron chi connectivity index (χ4n) is 2.99. The highest BCUT2D eigenvalue weighted by molar-refractivity contribution is 5.39. The molecule has 16 heavy (non-hydrogen) atoms. The van der Waals surface area contributed by atoms with Crippen molar-refractivity contribution in [3.8, 4) is 0 Å². The molecule has 3 nitrogen and oxygen atoms in total. The predicted octanol–water partition coefficient (Wildman–Crippen LogP) is 2.05. The molecule has 1 fully saturated rings. The molecule has 2 heterocycles. The van der Waals surface area contributed by atoms with Crippen LogP contribution in [0.4, 0.5) is 0 Å². The van der Waals surface area contributed by atoms with Gasteiger partial charge in [0.25, 0.3) is 0 Å². The highest BCUT2D eigenvalue weighted by Crippen LogP contribution is 2.39. The zero-order chi connectivity index (χ0) is 11.3. The molecule has 3 rings (SSSR count). The molecule has 0 saturated carbocycles. The van der Waals surface area contributed by atoms with E-state index in [1.54, 1.807) is 0 Å². The van der Waals surface area contributed by atoms with Gasteiger partial charge in [0, 0.05) is 13.1 Å². The molecule has 2 aliphatic heterocycles. The number of hydrogen-bond donors (Lipinski definition) is 0. The van der Waals surface area contributed by atoms with E-state index in [1.807, 2.05) is 6.92 Å². The Labute approximate surface area is 96.7 Å². The number of nitrogens with zero attached hydrogens (tertiary/aromatic N) is 1. The van der Waals surface area contributed by atoms with Crippen molar-refractivity contribution in [2.24, 2.45) is 0 Å². The zero-order valence-electron chi connectivity index (χ0n) is 10.1. The first-order valence-corrected chi connectivity index (χ1v) is 6.11. The largest absolute Gasteiger partial charge is 0.374 e. The summed E-state index contributed by atoms with van der Waals surface area (Å²) in [4.78, 5) is 2.26. The van der Waals surface area contributed by atoms with Gasteiger partial charge < -0.3 is 14.4 Å². The van der Waals surface area contributed by atoms with Crippen molar-refractivity contribution in [1.82, 2.24) is 4.90 Å². The minimum absolute atomic E-state index is 0.0507. The zero-order valence-corrected chi connectivity index (χ0v) is 10.1. The first-order valence-electron chi connectivity index (χ1n) is 6.11. The number of rotatable bonds is 0. The van der Waals surface area contributed by atoms with Crippen molar-refractivity contribution in [1.29, 1.82) is 0 Å². The van der Waals surface area contributed by atoms with Gasteiger partial charge in [0.05, 0.1) is 6.10 Å². The molecule has 88 valence electrons. The molecule has 4 unspecified atom stereocenters. The van der Waals surface area contributed by atoms with E-state index in [0.717, 1.165) is 12.8 Å². The summed E-state index contributed by atoms with van der Waals surface area (Å²) in [6.07, 6.45) is 6.99. The molecule has 3 aliphatic rings. The van der Waals surface area contributed by atoms with Gasteiger partial charge in [-0.25, -0.2) is 0 Å². The highest BCUT2D eigenvalue weighted by Gasteiger charge is 2.41. The fourth-order valence-corrected chi connectivity index (χ4v) is 2.99. The van der Waals surface area contributed by atoms with Gasteiger partial charge in [-0.15, -0.1) is 0 Å². The van der Waals surface area contributed by atoms with E-state index in [9.17, 15) is 0 Å². The Bertz CT molecular complexity index is 361. The lowest BCUT2D eigenvalue weighted by Gasteiger charge is -2.37. The maximum Gasteiger partial charge on any atom is 0.156 e. The van der Waals surface area contributed by atoms with Gasteiger partial charge >= 0.3 is 0 Å². The first kappa shape index (κ1) is 10.4. The van der Waals surface area contributed by atoms with Gasteiger partial charge in [0.15, 0.2) is 6.29 Å². The minimum atomic E-state index is -0.0507. The van der Waals surface area contributed by atoms with E-state index in [4.69, 9.17) is 9.47 Å². The molecule has 0 bridgehead atoms. The third kappa shape index (κ3) is 1.42. The third-order valence-electron chi connectivity index (χ3n) is 4.02. The maximum absolute atomic E-state index is 5.87. The average Bonchev–Trinajstić information content (AvgIpc) is 2.63. The summed E-state index contributed by atoms with van der Waals surface area (Å²) in [6.45, 7) is 4.25. The first-order chi connectivity index (χ1) is 7.66. The predicted molar refractivity (Wildman–Crippen MR) is 61.8 cm³/mol. The van der Waals surface area contributed by atoms with Gasteiger partial charge in [-0.2, -0.15) is 0 Å². The van der Waals surface area contributed by atoms with Crippen molar-refractivity contribution >= 4 is 0 Å². The summed E-state index contributed by atoms with van der Waals surface area (Å²) in [5.41, 5.74) is 2.90. The Balaban J connectivity index is 1.95. The molecule has 0 spiro atoms. The van der Waals surface area contributed by atoms with Gasteiger partial charge in [-0.3, -0.25) is 0 Å². The van der Waals surface area contributed by atoms with Crippen LogP contribution in [0.2, 0.25) is 0 Å². The SMILES string of the molecule is CC1OC2CCC3=C(C=CN(C)C3C)C2O1. The quantitative estimate of drug-likeness (QED) is 0.625. The smallest absolute Gasteiger partial charge is 0.156 e. The molecule has 1 saturated heterocycles. The van der Waals surface area contributed by atoms with Crippen LogP contribution in [0.3, 0.4) is 0 Å². The molecule has 1 aliphatic carbocycles. The number of fused-ring (bicyclic) bond motifs is 2. The maximum atomic E-state index is 5.87. The summed E-state index contributed by atoms with van der Waals surface area (Å²) in [5.74, 6) is 0. The highest BCUT2D eigenvalue weighted by atomic mass is 16.7. The van der Waals surface area contributed by atoms with E-state index in [2.05, 4.69) is 31.1 Å². The molecule has 0 amide bonds. The second-order valence-electron chi connectivity index (χ2n) is 4.98. The Morgan fingerprint density at radius 3 is 2.94 bits per heavy atom. The monoisotopic (exact) mass is 221 g/mol. The molecular formula is C13H19NO2. The Kier molecular flexibility index (Phi) is 2.33. The molecule has 0 aromatic carbocycles. The van der Waals surface area contributed by atoms with E-state index in [0.29, 0.717) is 6.04 Å². The van der Waals surface area contributed by atoms with Gasteiger partial charge in [-0.05, 0) is 50.1 Å². The summed E-state index contributed by atoms with van der Waals surface area (Å²) < 4.78 is 11.6. The second kappa shape index (κ2) is 3.60. The van der Waals surface area contributed by atoms with Crippen LogP contribution < -0.4 is 0 Å². The summed E-state index contributed by atoms with van der Waals surface area (Å²) in [6, 6.07) is 0.500. The van der Waals surface area contributed by atoms with Crippen molar-refractivity contribution in [3.63, 3.8) is 0 Å². The van der Waals surface area contributed by atoms with E-state index >= 15 is 0 Å².